The van der Waals surface area contributed by atoms with E-state index in [4.69, 9.17) is 10.8 Å². The minimum atomic E-state index is -1.14. The second-order valence-corrected chi connectivity index (χ2v) is 4.65. The monoisotopic (exact) mass is 272 g/mol. The highest BCUT2D eigenvalue weighted by molar-refractivity contribution is 5.85. The maximum absolute atomic E-state index is 11.9. The van der Waals surface area contributed by atoms with Crippen molar-refractivity contribution in [1.29, 1.82) is 0 Å². The Morgan fingerprint density at radius 1 is 1.21 bits per heavy atom. The van der Waals surface area contributed by atoms with Crippen molar-refractivity contribution in [2.24, 2.45) is 11.7 Å². The van der Waals surface area contributed by atoms with Gasteiger partial charge in [0.05, 0.1) is 0 Å². The molecule has 2 atom stereocenters. The Bertz CT molecular complexity index is 318. The summed E-state index contributed by atoms with van der Waals surface area (Å²) in [5, 5.41) is 11.5. The van der Waals surface area contributed by atoms with Crippen LogP contribution in [0.25, 0.3) is 0 Å². The maximum atomic E-state index is 11.9. The summed E-state index contributed by atoms with van der Waals surface area (Å²) in [5.41, 5.74) is 4.98. The first-order valence-electron chi connectivity index (χ1n) is 6.73. The van der Waals surface area contributed by atoms with Crippen LogP contribution in [0.2, 0.25) is 0 Å². The van der Waals surface area contributed by atoms with Crippen LogP contribution in [0.1, 0.15) is 52.4 Å². The molecule has 0 heterocycles. The van der Waals surface area contributed by atoms with Crippen molar-refractivity contribution in [3.8, 4) is 0 Å². The number of carboxylic acids is 1. The topological polar surface area (TPSA) is 109 Å². The van der Waals surface area contributed by atoms with Crippen molar-refractivity contribution in [3.63, 3.8) is 0 Å². The fraction of sp³-hybridized carbons (Fsp3) is 0.769. The molecule has 6 heteroatoms. The lowest BCUT2D eigenvalue weighted by molar-refractivity contribution is -0.142. The lowest BCUT2D eigenvalue weighted by atomic mass is 9.97. The molecule has 0 fully saturated rings. The quantitative estimate of drug-likeness (QED) is 0.552. The zero-order chi connectivity index (χ0) is 14.8. The molecule has 0 aliphatic carbocycles. The Labute approximate surface area is 113 Å². The fourth-order valence-electron chi connectivity index (χ4n) is 1.80. The van der Waals surface area contributed by atoms with Gasteiger partial charge in [0.2, 0.25) is 11.8 Å². The van der Waals surface area contributed by atoms with Gasteiger partial charge >= 0.3 is 5.97 Å². The van der Waals surface area contributed by atoms with Crippen molar-refractivity contribution in [2.75, 3.05) is 0 Å². The smallest absolute Gasteiger partial charge is 0.326 e. The van der Waals surface area contributed by atoms with Crippen LogP contribution in [-0.2, 0) is 14.4 Å². The first-order valence-corrected chi connectivity index (χ1v) is 6.73. The van der Waals surface area contributed by atoms with Gasteiger partial charge in [-0.3, -0.25) is 9.59 Å². The van der Waals surface area contributed by atoms with Gasteiger partial charge in [-0.2, -0.15) is 0 Å². The third kappa shape index (κ3) is 7.43. The molecule has 0 rings (SSSR count). The maximum Gasteiger partial charge on any atom is 0.326 e. The van der Waals surface area contributed by atoms with Crippen LogP contribution in [0.4, 0.5) is 0 Å². The minimum Gasteiger partial charge on any atom is -0.480 e. The molecule has 0 aromatic rings. The second-order valence-electron chi connectivity index (χ2n) is 4.65. The lowest BCUT2D eigenvalue weighted by Crippen LogP contribution is -2.44. The van der Waals surface area contributed by atoms with Crippen molar-refractivity contribution in [2.45, 2.75) is 58.4 Å². The number of rotatable bonds is 10. The van der Waals surface area contributed by atoms with E-state index in [0.717, 1.165) is 19.3 Å². The molecular formula is C13H24N2O4. The number of unbranched alkanes of at least 4 members (excludes halogenated alkanes) is 1. The van der Waals surface area contributed by atoms with Crippen molar-refractivity contribution < 1.29 is 19.5 Å². The van der Waals surface area contributed by atoms with E-state index in [0.29, 0.717) is 6.42 Å². The molecule has 0 saturated heterocycles. The number of carbonyl (C=O) groups excluding carboxylic acids is 2. The van der Waals surface area contributed by atoms with E-state index in [1.54, 1.807) is 0 Å². The molecule has 0 spiro atoms. The number of amides is 2. The molecule has 0 saturated carbocycles. The normalized spacial score (nSPS) is 13.6. The molecular weight excluding hydrogens is 248 g/mol. The van der Waals surface area contributed by atoms with E-state index in [9.17, 15) is 14.4 Å². The number of nitrogens with one attached hydrogen (secondary N) is 1. The minimum absolute atomic E-state index is 0.0284. The Morgan fingerprint density at radius 3 is 2.26 bits per heavy atom. The molecule has 0 aliphatic rings. The number of aliphatic carboxylic acids is 1. The highest BCUT2D eigenvalue weighted by Gasteiger charge is 2.24. The molecule has 1 unspecified atom stereocenters. The number of hydrogen-bond acceptors (Lipinski definition) is 3. The highest BCUT2D eigenvalue weighted by atomic mass is 16.4. The lowest BCUT2D eigenvalue weighted by Gasteiger charge is -2.19. The molecule has 6 nitrogen and oxygen atoms in total. The van der Waals surface area contributed by atoms with Crippen LogP contribution >= 0.6 is 0 Å². The Hall–Kier alpha value is -1.59. The fourth-order valence-corrected chi connectivity index (χ4v) is 1.80. The van der Waals surface area contributed by atoms with E-state index in [1.165, 1.54) is 0 Å². The van der Waals surface area contributed by atoms with Crippen molar-refractivity contribution in [1.82, 2.24) is 5.32 Å². The number of carboxylic acid groups (broad SMARTS) is 1. The van der Waals surface area contributed by atoms with E-state index in [2.05, 4.69) is 5.32 Å². The number of nitrogens with two attached hydrogens (primary N) is 1. The van der Waals surface area contributed by atoms with E-state index in [1.807, 2.05) is 13.8 Å². The van der Waals surface area contributed by atoms with Crippen LogP contribution in [0.15, 0.2) is 0 Å². The van der Waals surface area contributed by atoms with Gasteiger partial charge in [-0.15, -0.1) is 0 Å². The predicted octanol–water partition coefficient (Wildman–Crippen LogP) is 1.04. The summed E-state index contributed by atoms with van der Waals surface area (Å²) < 4.78 is 0. The molecule has 2 amide bonds. The number of hydrogen-bond donors (Lipinski definition) is 3. The summed E-state index contributed by atoms with van der Waals surface area (Å²) in [5.74, 6) is -2.14. The van der Waals surface area contributed by atoms with Crippen LogP contribution in [-0.4, -0.2) is 28.9 Å². The molecule has 19 heavy (non-hydrogen) atoms. The standard InChI is InChI=1S/C13H24N2O4/c1-3-5-6-9(4-2)12(17)15-10(13(18)19)7-8-11(14)16/h9-10H,3-8H2,1-2H3,(H2,14,16)(H,15,17)(H,18,19)/t9?,10-/m0/s1. The van der Waals surface area contributed by atoms with Crippen LogP contribution in [0.3, 0.4) is 0 Å². The Balaban J connectivity index is 4.42. The summed E-state index contributed by atoms with van der Waals surface area (Å²) in [6.07, 6.45) is 3.33. The summed E-state index contributed by atoms with van der Waals surface area (Å²) >= 11 is 0. The van der Waals surface area contributed by atoms with Crippen LogP contribution in [0.5, 0.6) is 0 Å². The third-order valence-corrected chi connectivity index (χ3v) is 3.06. The van der Waals surface area contributed by atoms with Gasteiger partial charge in [-0.1, -0.05) is 26.7 Å². The number of carbonyl (C=O) groups is 3. The SMILES string of the molecule is CCCCC(CC)C(=O)N[C@@H](CCC(N)=O)C(=O)O. The van der Waals surface area contributed by atoms with Crippen molar-refractivity contribution in [3.05, 3.63) is 0 Å². The second kappa shape index (κ2) is 9.35. The first-order chi connectivity index (χ1) is 8.92. The molecule has 0 aliphatic heterocycles. The average Bonchev–Trinajstić information content (AvgIpc) is 2.34. The van der Waals surface area contributed by atoms with Gasteiger partial charge in [0.15, 0.2) is 0 Å². The third-order valence-electron chi connectivity index (χ3n) is 3.06. The summed E-state index contributed by atoms with van der Waals surface area (Å²) in [4.78, 5) is 33.6. The molecule has 0 aromatic carbocycles. The van der Waals surface area contributed by atoms with Gasteiger partial charge in [0, 0.05) is 12.3 Å². The van der Waals surface area contributed by atoms with Gasteiger partial charge in [0.1, 0.15) is 6.04 Å². The van der Waals surface area contributed by atoms with Gasteiger partial charge < -0.3 is 16.2 Å². The predicted molar refractivity (Wildman–Crippen MR) is 71.3 cm³/mol. The van der Waals surface area contributed by atoms with Crippen LogP contribution < -0.4 is 11.1 Å². The highest BCUT2D eigenvalue weighted by Crippen LogP contribution is 2.13. The van der Waals surface area contributed by atoms with Gasteiger partial charge in [-0.05, 0) is 19.3 Å². The molecule has 4 N–H and O–H groups in total. The van der Waals surface area contributed by atoms with E-state index >= 15 is 0 Å². The van der Waals surface area contributed by atoms with E-state index in [-0.39, 0.29) is 24.7 Å². The Morgan fingerprint density at radius 2 is 1.84 bits per heavy atom. The largest absolute Gasteiger partial charge is 0.480 e. The zero-order valence-corrected chi connectivity index (χ0v) is 11.6. The molecule has 0 radical (unpaired) electrons. The first kappa shape index (κ1) is 17.4. The van der Waals surface area contributed by atoms with Crippen molar-refractivity contribution >= 4 is 17.8 Å². The van der Waals surface area contributed by atoms with Gasteiger partial charge in [-0.25, -0.2) is 4.79 Å². The molecule has 0 bridgehead atoms. The molecule has 110 valence electrons. The zero-order valence-electron chi connectivity index (χ0n) is 11.6. The summed E-state index contributed by atoms with van der Waals surface area (Å²) in [6, 6.07) is -1.05. The Kier molecular flexibility index (Phi) is 8.57. The summed E-state index contributed by atoms with van der Waals surface area (Å²) in [6.45, 7) is 3.94. The number of primary amides is 1. The van der Waals surface area contributed by atoms with Gasteiger partial charge in [0.25, 0.3) is 0 Å². The van der Waals surface area contributed by atoms with E-state index < -0.39 is 17.9 Å². The summed E-state index contributed by atoms with van der Waals surface area (Å²) in [7, 11) is 0. The van der Waals surface area contributed by atoms with Crippen LogP contribution in [0, 0.1) is 5.92 Å². The molecule has 0 aromatic heterocycles. The average molecular weight is 272 g/mol.